The minimum atomic E-state index is 0.631. The maximum atomic E-state index is 5.71. The SMILES string of the molecule is ClCCCc1ncc(-c2cc(Br)ccc2I)o1. The van der Waals surface area contributed by atoms with Crippen molar-refractivity contribution in [1.29, 1.82) is 0 Å². The summed E-state index contributed by atoms with van der Waals surface area (Å²) in [5.41, 5.74) is 1.06. The summed E-state index contributed by atoms with van der Waals surface area (Å²) in [5.74, 6) is 2.18. The number of alkyl halides is 1. The van der Waals surface area contributed by atoms with Crippen LogP contribution >= 0.6 is 50.1 Å². The lowest BCUT2D eigenvalue weighted by Gasteiger charge is -2.01. The highest BCUT2D eigenvalue weighted by Gasteiger charge is 2.09. The van der Waals surface area contributed by atoms with Crippen LogP contribution in [0, 0.1) is 3.57 Å². The van der Waals surface area contributed by atoms with Crippen molar-refractivity contribution in [2.45, 2.75) is 12.8 Å². The minimum absolute atomic E-state index is 0.631. The van der Waals surface area contributed by atoms with Gasteiger partial charge < -0.3 is 4.42 Å². The molecule has 90 valence electrons. The molecule has 0 saturated heterocycles. The normalized spacial score (nSPS) is 10.8. The summed E-state index contributed by atoms with van der Waals surface area (Å²) in [7, 11) is 0. The molecule has 0 N–H and O–H groups in total. The van der Waals surface area contributed by atoms with E-state index in [9.17, 15) is 0 Å². The van der Waals surface area contributed by atoms with E-state index in [2.05, 4.69) is 43.5 Å². The average molecular weight is 426 g/mol. The molecular formula is C12H10BrClINO. The molecule has 0 saturated carbocycles. The van der Waals surface area contributed by atoms with Crippen molar-refractivity contribution in [3.8, 4) is 11.3 Å². The molecular weight excluding hydrogens is 416 g/mol. The van der Waals surface area contributed by atoms with Gasteiger partial charge in [-0.25, -0.2) is 4.98 Å². The molecule has 0 unspecified atom stereocenters. The molecule has 2 rings (SSSR count). The van der Waals surface area contributed by atoms with E-state index in [0.717, 1.165) is 38.1 Å². The lowest BCUT2D eigenvalue weighted by Crippen LogP contribution is -1.84. The molecule has 1 aromatic heterocycles. The highest BCUT2D eigenvalue weighted by Crippen LogP contribution is 2.29. The number of oxazole rings is 1. The smallest absolute Gasteiger partial charge is 0.194 e. The zero-order valence-electron chi connectivity index (χ0n) is 8.92. The lowest BCUT2D eigenvalue weighted by atomic mass is 10.2. The summed E-state index contributed by atoms with van der Waals surface area (Å²) in [5, 5.41) is 0. The minimum Gasteiger partial charge on any atom is -0.441 e. The highest BCUT2D eigenvalue weighted by atomic mass is 127. The number of benzene rings is 1. The first kappa shape index (κ1) is 13.4. The number of rotatable bonds is 4. The van der Waals surface area contributed by atoms with Gasteiger partial charge in [-0.3, -0.25) is 0 Å². The third kappa shape index (κ3) is 3.45. The highest BCUT2D eigenvalue weighted by molar-refractivity contribution is 14.1. The first-order valence-electron chi connectivity index (χ1n) is 5.17. The fourth-order valence-corrected chi connectivity index (χ4v) is 2.55. The van der Waals surface area contributed by atoms with Crippen LogP contribution in [0.25, 0.3) is 11.3 Å². The van der Waals surface area contributed by atoms with Crippen molar-refractivity contribution in [2.24, 2.45) is 0 Å². The fraction of sp³-hybridized carbons (Fsp3) is 0.250. The Morgan fingerprint density at radius 3 is 3.00 bits per heavy atom. The van der Waals surface area contributed by atoms with E-state index in [0.29, 0.717) is 5.88 Å². The molecule has 0 fully saturated rings. The Kier molecular flexibility index (Phi) is 4.87. The summed E-state index contributed by atoms with van der Waals surface area (Å²) in [6.45, 7) is 0. The number of hydrogen-bond donors (Lipinski definition) is 0. The molecule has 0 amide bonds. The first-order chi connectivity index (χ1) is 8.20. The van der Waals surface area contributed by atoms with Crippen LogP contribution < -0.4 is 0 Å². The van der Waals surface area contributed by atoms with Crippen molar-refractivity contribution in [1.82, 2.24) is 4.98 Å². The van der Waals surface area contributed by atoms with E-state index in [1.807, 2.05) is 18.2 Å². The molecule has 5 heteroatoms. The summed E-state index contributed by atoms with van der Waals surface area (Å²) >= 11 is 11.4. The van der Waals surface area contributed by atoms with Gasteiger partial charge in [0.25, 0.3) is 0 Å². The topological polar surface area (TPSA) is 26.0 Å². The molecule has 2 nitrogen and oxygen atoms in total. The molecule has 1 heterocycles. The van der Waals surface area contributed by atoms with Gasteiger partial charge >= 0.3 is 0 Å². The Morgan fingerprint density at radius 2 is 2.24 bits per heavy atom. The predicted octanol–water partition coefficient (Wildman–Crippen LogP) is 4.88. The second-order valence-corrected chi connectivity index (χ2v) is 5.99. The van der Waals surface area contributed by atoms with Gasteiger partial charge in [0, 0.05) is 25.9 Å². The Labute approximate surface area is 127 Å². The van der Waals surface area contributed by atoms with E-state index in [-0.39, 0.29) is 0 Å². The summed E-state index contributed by atoms with van der Waals surface area (Å²) in [4.78, 5) is 4.26. The number of aromatic nitrogens is 1. The van der Waals surface area contributed by atoms with E-state index in [1.54, 1.807) is 6.20 Å². The van der Waals surface area contributed by atoms with Crippen LogP contribution in [0.1, 0.15) is 12.3 Å². The third-order valence-electron chi connectivity index (χ3n) is 2.27. The number of halogens is 3. The molecule has 0 atom stereocenters. The van der Waals surface area contributed by atoms with Crippen LogP contribution in [0.3, 0.4) is 0 Å². The van der Waals surface area contributed by atoms with Gasteiger partial charge in [0.2, 0.25) is 0 Å². The monoisotopic (exact) mass is 425 g/mol. The molecule has 0 aliphatic rings. The molecule has 2 aromatic rings. The molecule has 1 aromatic carbocycles. The van der Waals surface area contributed by atoms with Gasteiger partial charge in [0.05, 0.1) is 6.20 Å². The zero-order chi connectivity index (χ0) is 12.3. The van der Waals surface area contributed by atoms with Gasteiger partial charge in [0.15, 0.2) is 11.7 Å². The largest absolute Gasteiger partial charge is 0.441 e. The Hall–Kier alpha value is -0.0700. The van der Waals surface area contributed by atoms with E-state index in [1.165, 1.54) is 0 Å². The molecule has 0 bridgehead atoms. The summed E-state index contributed by atoms with van der Waals surface area (Å²) < 4.78 is 7.89. The van der Waals surface area contributed by atoms with Crippen molar-refractivity contribution < 1.29 is 4.42 Å². The summed E-state index contributed by atoms with van der Waals surface area (Å²) in [6, 6.07) is 6.09. The Morgan fingerprint density at radius 1 is 1.41 bits per heavy atom. The zero-order valence-corrected chi connectivity index (χ0v) is 13.4. The fourth-order valence-electron chi connectivity index (χ4n) is 1.45. The van der Waals surface area contributed by atoms with Crippen molar-refractivity contribution >= 4 is 50.1 Å². The van der Waals surface area contributed by atoms with Crippen LogP contribution in [-0.4, -0.2) is 10.9 Å². The third-order valence-corrected chi connectivity index (χ3v) is 3.97. The van der Waals surface area contributed by atoms with Gasteiger partial charge in [0.1, 0.15) is 0 Å². The van der Waals surface area contributed by atoms with Crippen LogP contribution in [0.4, 0.5) is 0 Å². The lowest BCUT2D eigenvalue weighted by molar-refractivity contribution is 0.503. The second-order valence-electron chi connectivity index (χ2n) is 3.53. The van der Waals surface area contributed by atoms with Gasteiger partial charge in [-0.1, -0.05) is 15.9 Å². The van der Waals surface area contributed by atoms with Crippen molar-refractivity contribution in [2.75, 3.05) is 5.88 Å². The maximum Gasteiger partial charge on any atom is 0.194 e. The van der Waals surface area contributed by atoms with Crippen LogP contribution in [-0.2, 0) is 6.42 Å². The Balaban J connectivity index is 2.27. The first-order valence-corrected chi connectivity index (χ1v) is 7.57. The van der Waals surface area contributed by atoms with Crippen molar-refractivity contribution in [3.63, 3.8) is 0 Å². The van der Waals surface area contributed by atoms with Gasteiger partial charge in [-0.15, -0.1) is 11.6 Å². The quantitative estimate of drug-likeness (QED) is 0.515. The van der Waals surface area contributed by atoms with Crippen LogP contribution in [0.2, 0.25) is 0 Å². The van der Waals surface area contributed by atoms with Gasteiger partial charge in [-0.2, -0.15) is 0 Å². The molecule has 0 spiro atoms. The molecule has 0 radical (unpaired) electrons. The Bertz CT molecular complexity index is 515. The standard InChI is InChI=1S/C12H10BrClINO/c13-8-3-4-10(15)9(6-8)11-7-16-12(17-11)2-1-5-14/h3-4,6-7H,1-2,5H2. The van der Waals surface area contributed by atoms with E-state index >= 15 is 0 Å². The summed E-state index contributed by atoms with van der Waals surface area (Å²) in [6.07, 6.45) is 3.44. The van der Waals surface area contributed by atoms with Crippen molar-refractivity contribution in [3.05, 3.63) is 38.3 Å². The second kappa shape index (κ2) is 6.20. The molecule has 0 aliphatic heterocycles. The van der Waals surface area contributed by atoms with E-state index in [4.69, 9.17) is 16.0 Å². The average Bonchev–Trinajstić information content (AvgIpc) is 2.78. The molecule has 0 aliphatic carbocycles. The van der Waals surface area contributed by atoms with Crippen LogP contribution in [0.15, 0.2) is 33.3 Å². The van der Waals surface area contributed by atoms with E-state index < -0.39 is 0 Å². The maximum absolute atomic E-state index is 5.71. The number of hydrogen-bond acceptors (Lipinski definition) is 2. The van der Waals surface area contributed by atoms with Gasteiger partial charge in [-0.05, 0) is 47.2 Å². The van der Waals surface area contributed by atoms with Crippen LogP contribution in [0.5, 0.6) is 0 Å². The number of nitrogens with zero attached hydrogens (tertiary/aromatic N) is 1. The predicted molar refractivity (Wildman–Crippen MR) is 81.4 cm³/mol. The number of aryl methyl sites for hydroxylation is 1. The molecule has 17 heavy (non-hydrogen) atoms.